The van der Waals surface area contributed by atoms with Crippen LogP contribution in [0.1, 0.15) is 51.6 Å². The molecule has 0 atom stereocenters. The normalized spacial score (nSPS) is 12.9. The molecule has 98 valence electrons. The summed E-state index contributed by atoms with van der Waals surface area (Å²) >= 11 is 0. The predicted molar refractivity (Wildman–Crippen MR) is 74.8 cm³/mol. The van der Waals surface area contributed by atoms with Crippen LogP contribution in [0.3, 0.4) is 0 Å². The van der Waals surface area contributed by atoms with Crippen molar-refractivity contribution >= 4 is 0 Å². The third kappa shape index (κ3) is 2.66. The highest BCUT2D eigenvalue weighted by molar-refractivity contribution is 5.24. The third-order valence-corrected chi connectivity index (χ3v) is 3.47. The van der Waals surface area contributed by atoms with E-state index >= 15 is 0 Å². The van der Waals surface area contributed by atoms with Crippen molar-refractivity contribution in [2.24, 2.45) is 0 Å². The van der Waals surface area contributed by atoms with Crippen LogP contribution in [0, 0.1) is 0 Å². The Kier molecular flexibility index (Phi) is 3.09. The maximum atomic E-state index is 4.04. The van der Waals surface area contributed by atoms with Gasteiger partial charge in [-0.1, -0.05) is 34.6 Å². The molecular formula is C15H23N3. The minimum Gasteiger partial charge on any atom is -0.362 e. The lowest BCUT2D eigenvalue weighted by Gasteiger charge is -2.23. The zero-order valence-corrected chi connectivity index (χ0v) is 12.0. The van der Waals surface area contributed by atoms with E-state index in [-0.39, 0.29) is 10.8 Å². The van der Waals surface area contributed by atoms with Crippen LogP contribution in [-0.2, 0) is 17.3 Å². The lowest BCUT2D eigenvalue weighted by atomic mass is 9.82. The summed E-state index contributed by atoms with van der Waals surface area (Å²) in [6, 6.07) is 4.39. The van der Waals surface area contributed by atoms with Gasteiger partial charge in [-0.05, 0) is 29.5 Å². The van der Waals surface area contributed by atoms with E-state index in [2.05, 4.69) is 61.9 Å². The zero-order valence-electron chi connectivity index (χ0n) is 12.0. The molecule has 0 saturated carbocycles. The molecule has 0 bridgehead atoms. The van der Waals surface area contributed by atoms with Crippen molar-refractivity contribution in [1.82, 2.24) is 15.2 Å². The number of nitrogens with zero attached hydrogens (tertiary/aromatic N) is 1. The van der Waals surface area contributed by atoms with Crippen LogP contribution in [0.25, 0.3) is 0 Å². The van der Waals surface area contributed by atoms with Gasteiger partial charge in [-0.2, -0.15) is 5.10 Å². The monoisotopic (exact) mass is 245 g/mol. The molecule has 2 aromatic rings. The summed E-state index contributed by atoms with van der Waals surface area (Å²) in [5, 5.41) is 6.93. The molecule has 0 aromatic carbocycles. The zero-order chi connectivity index (χ0) is 13.4. The number of hydrogen-bond donors (Lipinski definition) is 2. The standard InChI is InChI=1S/C15H23N3/c1-14(2,3)13-7-6-12(18-13)8-15(4,5)11-9-16-17-10-11/h6-7,9-10,18H,8H2,1-5H3,(H,16,17). The van der Waals surface area contributed by atoms with E-state index in [1.54, 1.807) is 0 Å². The Morgan fingerprint density at radius 1 is 1.11 bits per heavy atom. The van der Waals surface area contributed by atoms with E-state index in [1.165, 1.54) is 17.0 Å². The SMILES string of the molecule is CC(C)(C)c1ccc(CC(C)(C)c2cn[nH]c2)[nH]1. The number of H-pyrrole nitrogens is 2. The smallest absolute Gasteiger partial charge is 0.0524 e. The Hall–Kier alpha value is -1.51. The Labute approximate surface area is 109 Å². The molecule has 0 saturated heterocycles. The van der Waals surface area contributed by atoms with Crippen LogP contribution in [0.15, 0.2) is 24.5 Å². The highest BCUT2D eigenvalue weighted by atomic mass is 15.1. The average Bonchev–Trinajstić information content (AvgIpc) is 2.83. The second-order valence-electron chi connectivity index (χ2n) is 6.69. The van der Waals surface area contributed by atoms with Gasteiger partial charge in [-0.3, -0.25) is 5.10 Å². The molecule has 2 N–H and O–H groups in total. The molecule has 2 heterocycles. The van der Waals surface area contributed by atoms with Crippen molar-refractivity contribution in [3.8, 4) is 0 Å². The summed E-state index contributed by atoms with van der Waals surface area (Å²) in [4.78, 5) is 3.54. The molecule has 0 radical (unpaired) electrons. The van der Waals surface area contributed by atoms with Crippen molar-refractivity contribution < 1.29 is 0 Å². The lowest BCUT2D eigenvalue weighted by molar-refractivity contribution is 0.511. The number of aromatic nitrogens is 3. The van der Waals surface area contributed by atoms with Crippen molar-refractivity contribution in [1.29, 1.82) is 0 Å². The minimum atomic E-state index is 0.0903. The fourth-order valence-electron chi connectivity index (χ4n) is 2.18. The maximum absolute atomic E-state index is 4.04. The Morgan fingerprint density at radius 3 is 2.33 bits per heavy atom. The molecule has 0 aliphatic rings. The number of nitrogens with one attached hydrogen (secondary N) is 2. The van der Waals surface area contributed by atoms with Gasteiger partial charge in [0.15, 0.2) is 0 Å². The molecule has 0 amide bonds. The van der Waals surface area contributed by atoms with Gasteiger partial charge in [0.25, 0.3) is 0 Å². The summed E-state index contributed by atoms with van der Waals surface area (Å²) in [7, 11) is 0. The summed E-state index contributed by atoms with van der Waals surface area (Å²) in [5.41, 5.74) is 4.09. The Balaban J connectivity index is 2.17. The first-order valence-electron chi connectivity index (χ1n) is 6.47. The first-order valence-corrected chi connectivity index (χ1v) is 6.47. The molecular weight excluding hydrogens is 222 g/mol. The van der Waals surface area contributed by atoms with E-state index in [1.807, 2.05) is 12.4 Å². The molecule has 0 spiro atoms. The topological polar surface area (TPSA) is 44.5 Å². The molecule has 3 nitrogen and oxygen atoms in total. The second kappa shape index (κ2) is 4.30. The number of hydrogen-bond acceptors (Lipinski definition) is 1. The maximum Gasteiger partial charge on any atom is 0.0524 e. The molecule has 0 aliphatic heterocycles. The van der Waals surface area contributed by atoms with Crippen LogP contribution in [0.2, 0.25) is 0 Å². The van der Waals surface area contributed by atoms with E-state index < -0.39 is 0 Å². The summed E-state index contributed by atoms with van der Waals surface area (Å²) < 4.78 is 0. The van der Waals surface area contributed by atoms with Crippen LogP contribution < -0.4 is 0 Å². The van der Waals surface area contributed by atoms with Gasteiger partial charge in [0.05, 0.1) is 6.20 Å². The fourth-order valence-corrected chi connectivity index (χ4v) is 2.18. The van der Waals surface area contributed by atoms with Crippen molar-refractivity contribution in [2.75, 3.05) is 0 Å². The molecule has 2 rings (SSSR count). The molecule has 18 heavy (non-hydrogen) atoms. The molecule has 0 aliphatic carbocycles. The minimum absolute atomic E-state index is 0.0903. The van der Waals surface area contributed by atoms with Gasteiger partial charge in [-0.15, -0.1) is 0 Å². The first kappa shape index (κ1) is 12.9. The van der Waals surface area contributed by atoms with Crippen LogP contribution in [-0.4, -0.2) is 15.2 Å². The van der Waals surface area contributed by atoms with Crippen LogP contribution in [0.4, 0.5) is 0 Å². The number of rotatable bonds is 3. The van der Waals surface area contributed by atoms with E-state index in [4.69, 9.17) is 0 Å². The fraction of sp³-hybridized carbons (Fsp3) is 0.533. The third-order valence-electron chi connectivity index (χ3n) is 3.47. The summed E-state index contributed by atoms with van der Waals surface area (Å²) in [6.07, 6.45) is 4.88. The van der Waals surface area contributed by atoms with Crippen LogP contribution >= 0.6 is 0 Å². The molecule has 0 unspecified atom stereocenters. The second-order valence-corrected chi connectivity index (χ2v) is 6.69. The van der Waals surface area contributed by atoms with E-state index in [0.29, 0.717) is 0 Å². The van der Waals surface area contributed by atoms with Crippen molar-refractivity contribution in [2.45, 2.75) is 51.9 Å². The van der Waals surface area contributed by atoms with Crippen LogP contribution in [0.5, 0.6) is 0 Å². The Morgan fingerprint density at radius 2 is 1.83 bits per heavy atom. The number of aromatic amines is 2. The highest BCUT2D eigenvalue weighted by Gasteiger charge is 2.24. The van der Waals surface area contributed by atoms with E-state index in [9.17, 15) is 0 Å². The lowest BCUT2D eigenvalue weighted by Crippen LogP contribution is -2.20. The van der Waals surface area contributed by atoms with Crippen molar-refractivity contribution in [3.63, 3.8) is 0 Å². The van der Waals surface area contributed by atoms with Gasteiger partial charge in [0.1, 0.15) is 0 Å². The molecule has 2 aromatic heterocycles. The largest absolute Gasteiger partial charge is 0.362 e. The molecule has 0 fully saturated rings. The Bertz CT molecular complexity index is 498. The first-order chi connectivity index (χ1) is 8.29. The van der Waals surface area contributed by atoms with Gasteiger partial charge < -0.3 is 4.98 Å². The van der Waals surface area contributed by atoms with Gasteiger partial charge >= 0.3 is 0 Å². The van der Waals surface area contributed by atoms with E-state index in [0.717, 1.165) is 6.42 Å². The van der Waals surface area contributed by atoms with Gasteiger partial charge in [-0.25, -0.2) is 0 Å². The quantitative estimate of drug-likeness (QED) is 0.853. The molecule has 3 heteroatoms. The van der Waals surface area contributed by atoms with Crippen molar-refractivity contribution in [3.05, 3.63) is 41.5 Å². The highest BCUT2D eigenvalue weighted by Crippen LogP contribution is 2.28. The summed E-state index contributed by atoms with van der Waals surface area (Å²) in [5.74, 6) is 0. The summed E-state index contributed by atoms with van der Waals surface area (Å²) in [6.45, 7) is 11.2. The van der Waals surface area contributed by atoms with Gasteiger partial charge in [0.2, 0.25) is 0 Å². The van der Waals surface area contributed by atoms with Gasteiger partial charge in [0, 0.05) is 23.0 Å². The average molecular weight is 245 g/mol. The predicted octanol–water partition coefficient (Wildman–Crippen LogP) is 3.56.